The van der Waals surface area contributed by atoms with Crippen LogP contribution in [0.5, 0.6) is 0 Å². The lowest BCUT2D eigenvalue weighted by Gasteiger charge is -2.21. The molecule has 1 aromatic carbocycles. The third kappa shape index (κ3) is 5.04. The monoisotopic (exact) mass is 431 g/mol. The second-order valence-corrected chi connectivity index (χ2v) is 8.66. The number of benzene rings is 1. The zero-order chi connectivity index (χ0) is 20.3. The zero-order valence-corrected chi connectivity index (χ0v) is 16.6. The molecule has 1 aromatic heterocycles. The third-order valence-corrected chi connectivity index (χ3v) is 5.84. The number of hydrazine groups is 1. The minimum absolute atomic E-state index is 0.0618. The van der Waals surface area contributed by atoms with E-state index in [0.717, 1.165) is 0 Å². The third-order valence-electron chi connectivity index (χ3n) is 4.25. The molecule has 2 aromatic rings. The molecular weight excluding hydrogens is 413 g/mol. The van der Waals surface area contributed by atoms with Gasteiger partial charge in [-0.3, -0.25) is 10.2 Å². The molecule has 3 rings (SSSR count). The van der Waals surface area contributed by atoms with Crippen LogP contribution >= 0.6 is 11.6 Å². The first-order chi connectivity index (χ1) is 13.2. The van der Waals surface area contributed by atoms with E-state index < -0.39 is 27.3 Å². The number of aromatic nitrogens is 3. The molecule has 0 unspecified atom stereocenters. The van der Waals surface area contributed by atoms with E-state index in [1.54, 1.807) is 13.1 Å². The van der Waals surface area contributed by atoms with E-state index in [2.05, 4.69) is 10.3 Å². The van der Waals surface area contributed by atoms with Crippen molar-refractivity contribution >= 4 is 27.5 Å². The van der Waals surface area contributed by atoms with Gasteiger partial charge in [-0.25, -0.2) is 17.5 Å². The van der Waals surface area contributed by atoms with Crippen molar-refractivity contribution in [2.45, 2.75) is 19.8 Å². The standard InChI is InChI=1S/C16H19ClFN5O4S/c1-10-8-23(21-19-10)12-6-13(15(18)14(17)7-12)16(24)20-22-28(25,26)9-11-2-4-27-5-3-11/h6-8,11,22H,2-5,9H2,1H3,(H,20,24). The minimum Gasteiger partial charge on any atom is -0.381 e. The van der Waals surface area contributed by atoms with Gasteiger partial charge in [0, 0.05) is 13.2 Å². The number of hydrogen-bond donors (Lipinski definition) is 2. The second kappa shape index (κ2) is 8.52. The molecule has 28 heavy (non-hydrogen) atoms. The maximum absolute atomic E-state index is 14.3. The van der Waals surface area contributed by atoms with Crippen LogP contribution in [0.3, 0.4) is 0 Å². The van der Waals surface area contributed by atoms with Gasteiger partial charge in [0.15, 0.2) is 5.82 Å². The SMILES string of the molecule is Cc1cn(-c2cc(Cl)c(F)c(C(=O)NNS(=O)(=O)CC3CCOCC3)c2)nn1. The maximum Gasteiger partial charge on any atom is 0.269 e. The smallest absolute Gasteiger partial charge is 0.269 e. The molecule has 1 fully saturated rings. The van der Waals surface area contributed by atoms with Gasteiger partial charge < -0.3 is 4.74 Å². The van der Waals surface area contributed by atoms with Crippen LogP contribution in [0.25, 0.3) is 5.69 Å². The quantitative estimate of drug-likeness (QED) is 0.667. The molecule has 9 nitrogen and oxygen atoms in total. The highest BCUT2D eigenvalue weighted by atomic mass is 35.5. The number of rotatable bonds is 6. The summed E-state index contributed by atoms with van der Waals surface area (Å²) in [6.45, 7) is 2.73. The number of amides is 1. The van der Waals surface area contributed by atoms with Gasteiger partial charge in [0.25, 0.3) is 5.91 Å². The normalized spacial score (nSPS) is 15.5. The van der Waals surface area contributed by atoms with Gasteiger partial charge in [0.1, 0.15) is 0 Å². The van der Waals surface area contributed by atoms with Gasteiger partial charge in [-0.05, 0) is 37.8 Å². The lowest BCUT2D eigenvalue weighted by molar-refractivity contribution is 0.0722. The number of hydrogen-bond acceptors (Lipinski definition) is 6. The van der Waals surface area contributed by atoms with Crippen LogP contribution in [-0.4, -0.2) is 48.3 Å². The van der Waals surface area contributed by atoms with Crippen LogP contribution in [0.1, 0.15) is 28.9 Å². The fourth-order valence-corrected chi connectivity index (χ4v) is 4.30. The van der Waals surface area contributed by atoms with Crippen molar-refractivity contribution in [2.75, 3.05) is 19.0 Å². The largest absolute Gasteiger partial charge is 0.381 e. The number of carbonyl (C=O) groups is 1. The molecule has 1 saturated heterocycles. The number of aryl methyl sites for hydroxylation is 1. The minimum atomic E-state index is -3.79. The van der Waals surface area contributed by atoms with E-state index in [0.29, 0.717) is 37.4 Å². The van der Waals surface area contributed by atoms with Crippen molar-refractivity contribution in [2.24, 2.45) is 5.92 Å². The van der Waals surface area contributed by atoms with E-state index in [9.17, 15) is 17.6 Å². The lowest BCUT2D eigenvalue weighted by atomic mass is 10.0. The summed E-state index contributed by atoms with van der Waals surface area (Å²) in [4.78, 5) is 14.3. The topological polar surface area (TPSA) is 115 Å². The first kappa shape index (κ1) is 20.6. The van der Waals surface area contributed by atoms with Gasteiger partial charge >= 0.3 is 0 Å². The first-order valence-corrected chi connectivity index (χ1v) is 10.5. The Morgan fingerprint density at radius 3 is 2.75 bits per heavy atom. The van der Waals surface area contributed by atoms with E-state index in [4.69, 9.17) is 16.3 Å². The highest BCUT2D eigenvalue weighted by molar-refractivity contribution is 7.89. The predicted octanol–water partition coefficient (Wildman–Crippen LogP) is 1.36. The average molecular weight is 432 g/mol. The Labute approximate surface area is 166 Å². The molecule has 0 saturated carbocycles. The molecule has 0 spiro atoms. The highest BCUT2D eigenvalue weighted by Gasteiger charge is 2.23. The summed E-state index contributed by atoms with van der Waals surface area (Å²) in [5, 5.41) is 7.35. The van der Waals surface area contributed by atoms with Crippen LogP contribution in [-0.2, 0) is 14.8 Å². The Morgan fingerprint density at radius 2 is 2.11 bits per heavy atom. The Morgan fingerprint density at radius 1 is 1.39 bits per heavy atom. The van der Waals surface area contributed by atoms with Crippen molar-refractivity contribution in [1.29, 1.82) is 0 Å². The second-order valence-electron chi connectivity index (χ2n) is 6.49. The van der Waals surface area contributed by atoms with Crippen molar-refractivity contribution < 1.29 is 22.3 Å². The Bertz CT molecular complexity index is 975. The van der Waals surface area contributed by atoms with E-state index in [1.807, 2.05) is 10.3 Å². The predicted molar refractivity (Wildman–Crippen MR) is 99.0 cm³/mol. The number of ether oxygens (including phenoxy) is 1. The summed E-state index contributed by atoms with van der Waals surface area (Å²) in [5.41, 5.74) is 2.53. The zero-order valence-electron chi connectivity index (χ0n) is 15.0. The van der Waals surface area contributed by atoms with Crippen molar-refractivity contribution in [3.8, 4) is 5.69 Å². The van der Waals surface area contributed by atoms with Crippen LogP contribution in [0, 0.1) is 18.7 Å². The Balaban J connectivity index is 1.72. The summed E-state index contributed by atoms with van der Waals surface area (Å²) in [6, 6.07) is 2.49. The molecule has 1 aliphatic heterocycles. The summed E-state index contributed by atoms with van der Waals surface area (Å²) in [7, 11) is -3.79. The summed E-state index contributed by atoms with van der Waals surface area (Å²) >= 11 is 5.87. The van der Waals surface area contributed by atoms with Gasteiger partial charge in [-0.1, -0.05) is 16.8 Å². The number of carbonyl (C=O) groups excluding carboxylic acids is 1. The fourth-order valence-electron chi connectivity index (χ4n) is 2.80. The molecule has 0 atom stereocenters. The molecule has 2 heterocycles. The molecule has 152 valence electrons. The fraction of sp³-hybridized carbons (Fsp3) is 0.438. The molecule has 0 radical (unpaired) electrons. The summed E-state index contributed by atoms with van der Waals surface area (Å²) in [5.74, 6) is -2.16. The molecule has 12 heteroatoms. The summed E-state index contributed by atoms with van der Waals surface area (Å²) < 4.78 is 45.2. The summed E-state index contributed by atoms with van der Waals surface area (Å²) in [6.07, 6.45) is 2.82. The van der Waals surface area contributed by atoms with Crippen LogP contribution in [0.4, 0.5) is 4.39 Å². The first-order valence-electron chi connectivity index (χ1n) is 8.51. The number of sulfonamides is 1. The molecule has 0 bridgehead atoms. The molecule has 2 N–H and O–H groups in total. The molecule has 0 aliphatic carbocycles. The molecular formula is C16H19ClFN5O4S. The molecule has 1 aliphatic rings. The van der Waals surface area contributed by atoms with Crippen molar-refractivity contribution in [3.63, 3.8) is 0 Å². The average Bonchev–Trinajstić information content (AvgIpc) is 3.09. The van der Waals surface area contributed by atoms with E-state index >= 15 is 0 Å². The van der Waals surface area contributed by atoms with Crippen molar-refractivity contribution in [1.82, 2.24) is 25.3 Å². The van der Waals surface area contributed by atoms with Crippen LogP contribution in [0.2, 0.25) is 5.02 Å². The lowest BCUT2D eigenvalue weighted by Crippen LogP contribution is -2.44. The van der Waals surface area contributed by atoms with Crippen LogP contribution < -0.4 is 10.3 Å². The Kier molecular flexibility index (Phi) is 6.28. The molecule has 1 amide bonds. The van der Waals surface area contributed by atoms with Gasteiger partial charge in [0.05, 0.1) is 33.9 Å². The maximum atomic E-state index is 14.3. The van der Waals surface area contributed by atoms with Gasteiger partial charge in [-0.15, -0.1) is 9.93 Å². The van der Waals surface area contributed by atoms with Gasteiger partial charge in [-0.2, -0.15) is 0 Å². The van der Waals surface area contributed by atoms with Crippen LogP contribution in [0.15, 0.2) is 18.3 Å². The number of nitrogens with zero attached hydrogens (tertiary/aromatic N) is 3. The number of nitrogens with one attached hydrogen (secondary N) is 2. The highest BCUT2D eigenvalue weighted by Crippen LogP contribution is 2.23. The van der Waals surface area contributed by atoms with Gasteiger partial charge in [0.2, 0.25) is 10.0 Å². The number of halogens is 2. The van der Waals surface area contributed by atoms with E-state index in [-0.39, 0.29) is 16.7 Å². The van der Waals surface area contributed by atoms with Crippen molar-refractivity contribution in [3.05, 3.63) is 40.4 Å². The van der Waals surface area contributed by atoms with E-state index in [1.165, 1.54) is 16.8 Å². The Hall–Kier alpha value is -2.08.